The first-order valence-electron chi connectivity index (χ1n) is 4.98. The topological polar surface area (TPSA) is 103 Å². The van der Waals surface area contributed by atoms with Crippen molar-refractivity contribution in [1.29, 1.82) is 10.5 Å². The lowest BCUT2D eigenvalue weighted by molar-refractivity contribution is -0.115. The van der Waals surface area contributed by atoms with Gasteiger partial charge in [0.2, 0.25) is 5.91 Å². The molecule has 1 aromatic rings. The molecule has 0 aliphatic heterocycles. The van der Waals surface area contributed by atoms with Crippen molar-refractivity contribution in [2.45, 2.75) is 6.42 Å². The third-order valence-electron chi connectivity index (χ3n) is 1.91. The van der Waals surface area contributed by atoms with Gasteiger partial charge in [0, 0.05) is 5.69 Å². The SMILES string of the molecule is N#CCOC(=O)c1ccc(NC(=O)CC#N)cc1. The number of ether oxygens (including phenoxy) is 1. The number of hydrogen-bond donors (Lipinski definition) is 1. The third-order valence-corrected chi connectivity index (χ3v) is 1.91. The highest BCUT2D eigenvalue weighted by Gasteiger charge is 2.07. The van der Waals surface area contributed by atoms with Crippen LogP contribution in [-0.2, 0) is 9.53 Å². The number of esters is 1. The highest BCUT2D eigenvalue weighted by Crippen LogP contribution is 2.10. The molecule has 1 rings (SSSR count). The number of rotatable bonds is 4. The Hall–Kier alpha value is -2.86. The third kappa shape index (κ3) is 3.95. The van der Waals surface area contributed by atoms with Crippen molar-refractivity contribution in [2.75, 3.05) is 11.9 Å². The molecule has 0 atom stereocenters. The van der Waals surface area contributed by atoms with Crippen LogP contribution in [0.15, 0.2) is 24.3 Å². The molecule has 0 heterocycles. The average molecular weight is 243 g/mol. The molecule has 0 saturated heterocycles. The maximum atomic E-state index is 11.3. The van der Waals surface area contributed by atoms with E-state index in [0.29, 0.717) is 5.69 Å². The molecule has 18 heavy (non-hydrogen) atoms. The number of nitriles is 2. The second-order valence-electron chi connectivity index (χ2n) is 3.19. The van der Waals surface area contributed by atoms with E-state index >= 15 is 0 Å². The number of nitrogens with one attached hydrogen (secondary N) is 1. The summed E-state index contributed by atoms with van der Waals surface area (Å²) in [6.45, 7) is -0.306. The quantitative estimate of drug-likeness (QED) is 0.801. The van der Waals surface area contributed by atoms with Gasteiger partial charge in [0.05, 0.1) is 11.6 Å². The number of nitrogens with zero attached hydrogens (tertiary/aromatic N) is 2. The van der Waals surface area contributed by atoms with E-state index in [9.17, 15) is 9.59 Å². The van der Waals surface area contributed by atoms with E-state index in [1.165, 1.54) is 24.3 Å². The maximum absolute atomic E-state index is 11.3. The van der Waals surface area contributed by atoms with Gasteiger partial charge in [-0.05, 0) is 24.3 Å². The van der Waals surface area contributed by atoms with Crippen molar-refractivity contribution in [1.82, 2.24) is 0 Å². The molecule has 0 saturated carbocycles. The predicted molar refractivity (Wildman–Crippen MR) is 61.2 cm³/mol. The minimum absolute atomic E-state index is 0.230. The van der Waals surface area contributed by atoms with Crippen LogP contribution in [0, 0.1) is 22.7 Å². The van der Waals surface area contributed by atoms with Gasteiger partial charge in [-0.3, -0.25) is 4.79 Å². The zero-order valence-electron chi connectivity index (χ0n) is 9.34. The summed E-state index contributed by atoms with van der Waals surface area (Å²) >= 11 is 0. The molecule has 1 amide bonds. The first kappa shape index (κ1) is 13.2. The molecule has 0 aliphatic carbocycles. The van der Waals surface area contributed by atoms with Gasteiger partial charge in [-0.25, -0.2) is 4.79 Å². The second kappa shape index (κ2) is 6.66. The fourth-order valence-corrected chi connectivity index (χ4v) is 1.15. The van der Waals surface area contributed by atoms with Gasteiger partial charge in [-0.1, -0.05) is 0 Å². The Labute approximate surface area is 103 Å². The minimum atomic E-state index is -0.605. The Bertz CT molecular complexity index is 523. The van der Waals surface area contributed by atoms with Crippen molar-refractivity contribution in [3.05, 3.63) is 29.8 Å². The number of carbonyl (C=O) groups is 2. The van der Waals surface area contributed by atoms with Gasteiger partial charge < -0.3 is 10.1 Å². The summed E-state index contributed by atoms with van der Waals surface area (Å²) in [4.78, 5) is 22.4. The maximum Gasteiger partial charge on any atom is 0.339 e. The fourth-order valence-electron chi connectivity index (χ4n) is 1.15. The van der Waals surface area contributed by atoms with Crippen molar-refractivity contribution < 1.29 is 14.3 Å². The van der Waals surface area contributed by atoms with Crippen molar-refractivity contribution in [3.8, 4) is 12.1 Å². The zero-order valence-corrected chi connectivity index (χ0v) is 9.34. The van der Waals surface area contributed by atoms with Gasteiger partial charge in [0.25, 0.3) is 0 Å². The van der Waals surface area contributed by atoms with Crippen molar-refractivity contribution in [3.63, 3.8) is 0 Å². The Morgan fingerprint density at radius 2 is 1.83 bits per heavy atom. The molecule has 0 bridgehead atoms. The lowest BCUT2D eigenvalue weighted by Crippen LogP contribution is -2.10. The summed E-state index contributed by atoms with van der Waals surface area (Å²) < 4.78 is 4.61. The minimum Gasteiger partial charge on any atom is -0.447 e. The molecule has 0 spiro atoms. The first-order chi connectivity index (χ1) is 8.67. The van der Waals surface area contributed by atoms with Crippen LogP contribution in [0.2, 0.25) is 0 Å². The average Bonchev–Trinajstić information content (AvgIpc) is 2.37. The van der Waals surface area contributed by atoms with Crippen LogP contribution >= 0.6 is 0 Å². The van der Waals surface area contributed by atoms with E-state index < -0.39 is 11.9 Å². The van der Waals surface area contributed by atoms with Gasteiger partial charge >= 0.3 is 5.97 Å². The molecular formula is C12H9N3O3. The summed E-state index contributed by atoms with van der Waals surface area (Å²) in [6, 6.07) is 9.36. The van der Waals surface area contributed by atoms with E-state index in [1.54, 1.807) is 12.1 Å². The van der Waals surface area contributed by atoms with Gasteiger partial charge in [-0.2, -0.15) is 10.5 Å². The van der Waals surface area contributed by atoms with Crippen LogP contribution in [-0.4, -0.2) is 18.5 Å². The summed E-state index contributed by atoms with van der Waals surface area (Å²) in [6.07, 6.45) is -0.230. The number of amides is 1. The largest absolute Gasteiger partial charge is 0.447 e. The Morgan fingerprint density at radius 1 is 1.17 bits per heavy atom. The molecule has 90 valence electrons. The van der Waals surface area contributed by atoms with E-state index in [-0.39, 0.29) is 18.6 Å². The van der Waals surface area contributed by atoms with Crippen LogP contribution in [0.1, 0.15) is 16.8 Å². The fraction of sp³-hybridized carbons (Fsp3) is 0.167. The number of hydrogen-bond acceptors (Lipinski definition) is 5. The molecule has 1 N–H and O–H groups in total. The van der Waals surface area contributed by atoms with Gasteiger partial charge in [-0.15, -0.1) is 0 Å². The Balaban J connectivity index is 2.63. The number of carbonyl (C=O) groups excluding carboxylic acids is 2. The predicted octanol–water partition coefficient (Wildman–Crippen LogP) is 1.22. The van der Waals surface area contributed by atoms with Crippen molar-refractivity contribution >= 4 is 17.6 Å². The van der Waals surface area contributed by atoms with Crippen LogP contribution in [0.3, 0.4) is 0 Å². The molecule has 0 aromatic heterocycles. The summed E-state index contributed by atoms with van der Waals surface area (Å²) in [7, 11) is 0. The molecule has 0 radical (unpaired) electrons. The monoisotopic (exact) mass is 243 g/mol. The molecule has 6 nitrogen and oxygen atoms in total. The summed E-state index contributed by atoms with van der Waals surface area (Å²) in [5.41, 5.74) is 0.760. The highest BCUT2D eigenvalue weighted by molar-refractivity contribution is 5.93. The van der Waals surface area contributed by atoms with Crippen LogP contribution in [0.25, 0.3) is 0 Å². The molecule has 6 heteroatoms. The second-order valence-corrected chi connectivity index (χ2v) is 3.19. The summed E-state index contributed by atoms with van der Waals surface area (Å²) in [5, 5.41) is 19.1. The Morgan fingerprint density at radius 3 is 2.39 bits per heavy atom. The summed E-state index contributed by atoms with van der Waals surface area (Å²) in [5.74, 6) is -1.02. The molecule has 0 unspecified atom stereocenters. The van der Waals surface area contributed by atoms with Crippen LogP contribution < -0.4 is 5.32 Å². The number of anilines is 1. The standard InChI is InChI=1S/C12H9N3O3/c13-6-5-11(16)15-10-3-1-9(2-4-10)12(17)18-8-7-14/h1-4H,5,8H2,(H,15,16). The molecular weight excluding hydrogens is 234 g/mol. The highest BCUT2D eigenvalue weighted by atomic mass is 16.5. The lowest BCUT2D eigenvalue weighted by atomic mass is 10.2. The van der Waals surface area contributed by atoms with Crippen LogP contribution in [0.4, 0.5) is 5.69 Å². The Kier molecular flexibility index (Phi) is 4.89. The van der Waals surface area contributed by atoms with Crippen LogP contribution in [0.5, 0.6) is 0 Å². The van der Waals surface area contributed by atoms with Crippen molar-refractivity contribution in [2.24, 2.45) is 0 Å². The lowest BCUT2D eigenvalue weighted by Gasteiger charge is -2.04. The molecule has 1 aromatic carbocycles. The molecule has 0 aliphatic rings. The number of benzene rings is 1. The van der Waals surface area contributed by atoms with Gasteiger partial charge in [0.1, 0.15) is 12.5 Å². The smallest absolute Gasteiger partial charge is 0.339 e. The van der Waals surface area contributed by atoms with E-state index in [4.69, 9.17) is 10.5 Å². The van der Waals surface area contributed by atoms with E-state index in [2.05, 4.69) is 10.1 Å². The normalized spacial score (nSPS) is 8.78. The first-order valence-corrected chi connectivity index (χ1v) is 4.98. The molecule has 0 fully saturated rings. The van der Waals surface area contributed by atoms with E-state index in [0.717, 1.165) is 0 Å². The van der Waals surface area contributed by atoms with E-state index in [1.807, 2.05) is 0 Å². The van der Waals surface area contributed by atoms with Gasteiger partial charge in [0.15, 0.2) is 6.61 Å². The zero-order chi connectivity index (χ0) is 13.4.